The molecule has 2 aliphatic rings. The van der Waals surface area contributed by atoms with Crippen molar-refractivity contribution in [2.45, 2.75) is 51.3 Å². The predicted octanol–water partition coefficient (Wildman–Crippen LogP) is 3.63. The molecule has 0 bridgehead atoms. The second-order valence-corrected chi connectivity index (χ2v) is 6.61. The number of piperidine rings is 1. The highest BCUT2D eigenvalue weighted by Gasteiger charge is 2.37. The van der Waals surface area contributed by atoms with Crippen molar-refractivity contribution in [3.63, 3.8) is 0 Å². The summed E-state index contributed by atoms with van der Waals surface area (Å²) in [7, 11) is 2.04. The average Bonchev–Trinajstić information content (AvgIpc) is 2.96. The molecule has 0 amide bonds. The minimum absolute atomic E-state index is 0.566. The second kappa shape index (κ2) is 5.01. The van der Waals surface area contributed by atoms with Gasteiger partial charge in [-0.1, -0.05) is 12.8 Å². The first-order valence-corrected chi connectivity index (χ1v) is 8.02. The largest absolute Gasteiger partial charge is 0.357 e. The molecule has 1 aliphatic carbocycles. The van der Waals surface area contributed by atoms with Gasteiger partial charge in [-0.15, -0.1) is 11.6 Å². The highest BCUT2D eigenvalue weighted by Crippen LogP contribution is 2.47. The molecule has 1 saturated carbocycles. The second-order valence-electron chi connectivity index (χ2n) is 6.34. The van der Waals surface area contributed by atoms with Crippen molar-refractivity contribution < 1.29 is 0 Å². The fourth-order valence-electron chi connectivity index (χ4n) is 4.06. The maximum atomic E-state index is 6.11. The Kier molecular flexibility index (Phi) is 3.50. The Hall–Kier alpha value is -0.700. The summed E-state index contributed by atoms with van der Waals surface area (Å²) < 4.78 is 2.01. The van der Waals surface area contributed by atoms with Gasteiger partial charge in [0, 0.05) is 25.7 Å². The number of nitrogens with zero attached hydrogens (tertiary/aromatic N) is 3. The minimum Gasteiger partial charge on any atom is -0.357 e. The molecule has 0 aromatic carbocycles. The lowest BCUT2D eigenvalue weighted by molar-refractivity contribution is 0.225. The number of aromatic nitrogens is 2. The number of hydrogen-bond donors (Lipinski definition) is 0. The van der Waals surface area contributed by atoms with E-state index in [1.165, 1.54) is 63.0 Å². The Morgan fingerprint density at radius 1 is 1.16 bits per heavy atom. The molecule has 1 aliphatic heterocycles. The van der Waals surface area contributed by atoms with Crippen LogP contribution in [0.15, 0.2) is 0 Å². The topological polar surface area (TPSA) is 21.1 Å². The quantitative estimate of drug-likeness (QED) is 0.772. The zero-order valence-electron chi connectivity index (χ0n) is 12.1. The molecule has 106 valence electrons. The van der Waals surface area contributed by atoms with E-state index in [1.54, 1.807) is 0 Å². The summed E-state index contributed by atoms with van der Waals surface area (Å²) in [4.78, 5) is 2.50. The van der Waals surface area contributed by atoms with Crippen molar-refractivity contribution in [2.24, 2.45) is 12.5 Å². The Morgan fingerprint density at radius 3 is 2.37 bits per heavy atom. The Bertz CT molecular complexity index is 450. The molecule has 0 N–H and O–H groups in total. The lowest BCUT2D eigenvalue weighted by Crippen LogP contribution is -2.40. The van der Waals surface area contributed by atoms with Gasteiger partial charge in [-0.3, -0.25) is 4.68 Å². The van der Waals surface area contributed by atoms with E-state index in [4.69, 9.17) is 11.6 Å². The molecule has 3 nitrogen and oxygen atoms in total. The predicted molar refractivity (Wildman–Crippen MR) is 79.9 cm³/mol. The van der Waals surface area contributed by atoms with Crippen molar-refractivity contribution >= 4 is 17.4 Å². The number of hydrogen-bond acceptors (Lipinski definition) is 2. The first-order valence-electron chi connectivity index (χ1n) is 7.49. The van der Waals surface area contributed by atoms with Crippen molar-refractivity contribution in [3.05, 3.63) is 11.3 Å². The van der Waals surface area contributed by atoms with Crippen molar-refractivity contribution in [2.75, 3.05) is 18.0 Å². The van der Waals surface area contributed by atoms with Crippen LogP contribution < -0.4 is 4.90 Å². The van der Waals surface area contributed by atoms with E-state index in [0.717, 1.165) is 5.69 Å². The third-order valence-corrected chi connectivity index (χ3v) is 5.50. The minimum atomic E-state index is 0.566. The zero-order chi connectivity index (χ0) is 13.5. The van der Waals surface area contributed by atoms with Gasteiger partial charge in [-0.25, -0.2) is 0 Å². The van der Waals surface area contributed by atoms with Crippen molar-refractivity contribution in [3.8, 4) is 0 Å². The van der Waals surface area contributed by atoms with Gasteiger partial charge in [-0.2, -0.15) is 5.10 Å². The van der Waals surface area contributed by atoms with Gasteiger partial charge in [0.25, 0.3) is 0 Å². The van der Waals surface area contributed by atoms with E-state index in [0.29, 0.717) is 11.3 Å². The maximum Gasteiger partial charge on any atom is 0.131 e. The highest BCUT2D eigenvalue weighted by molar-refractivity contribution is 6.17. The van der Waals surface area contributed by atoms with E-state index >= 15 is 0 Å². The van der Waals surface area contributed by atoms with Crippen LogP contribution in [0.2, 0.25) is 0 Å². The smallest absolute Gasteiger partial charge is 0.131 e. The number of aryl methyl sites for hydroxylation is 2. The number of alkyl halides is 1. The standard InChI is InChI=1S/C15H24ClN3/c1-12-13(11-16)14(18(2)17-12)19-9-7-15(8-10-19)5-3-4-6-15/h3-11H2,1-2H3. The molecule has 1 saturated heterocycles. The summed E-state index contributed by atoms with van der Waals surface area (Å²) in [5.74, 6) is 1.82. The molecule has 1 aromatic heterocycles. The van der Waals surface area contributed by atoms with Crippen LogP contribution >= 0.6 is 11.6 Å². The summed E-state index contributed by atoms with van der Waals surface area (Å²) in [6.07, 6.45) is 8.48. The number of anilines is 1. The molecule has 19 heavy (non-hydrogen) atoms. The molecule has 0 atom stereocenters. The lowest BCUT2D eigenvalue weighted by Gasteiger charge is -2.40. The van der Waals surface area contributed by atoms with Crippen LogP contribution in [-0.2, 0) is 12.9 Å². The molecule has 0 unspecified atom stereocenters. The Balaban J connectivity index is 1.78. The van der Waals surface area contributed by atoms with E-state index in [2.05, 4.69) is 16.9 Å². The molecule has 2 fully saturated rings. The Morgan fingerprint density at radius 2 is 1.79 bits per heavy atom. The fraction of sp³-hybridized carbons (Fsp3) is 0.800. The van der Waals surface area contributed by atoms with Crippen molar-refractivity contribution in [1.82, 2.24) is 9.78 Å². The summed E-state index contributed by atoms with van der Waals surface area (Å²) >= 11 is 6.11. The summed E-state index contributed by atoms with van der Waals surface area (Å²) in [6.45, 7) is 4.40. The monoisotopic (exact) mass is 281 g/mol. The van der Waals surface area contributed by atoms with Gasteiger partial charge in [0.2, 0.25) is 0 Å². The molecule has 0 radical (unpaired) electrons. The van der Waals surface area contributed by atoms with Crippen LogP contribution in [0.5, 0.6) is 0 Å². The Labute approximate surface area is 120 Å². The van der Waals surface area contributed by atoms with Crippen LogP contribution in [0.3, 0.4) is 0 Å². The third kappa shape index (κ3) is 2.26. The molecular weight excluding hydrogens is 258 g/mol. The van der Waals surface area contributed by atoms with Crippen LogP contribution in [0.4, 0.5) is 5.82 Å². The van der Waals surface area contributed by atoms with Gasteiger partial charge in [-0.05, 0) is 38.0 Å². The number of halogens is 1. The summed E-state index contributed by atoms with van der Waals surface area (Å²) in [5.41, 5.74) is 2.96. The molecule has 3 rings (SSSR count). The number of rotatable bonds is 2. The van der Waals surface area contributed by atoms with E-state index in [-0.39, 0.29) is 0 Å². The molecular formula is C15H24ClN3. The van der Waals surface area contributed by atoms with Gasteiger partial charge >= 0.3 is 0 Å². The van der Waals surface area contributed by atoms with Crippen molar-refractivity contribution in [1.29, 1.82) is 0 Å². The van der Waals surface area contributed by atoms with E-state index in [1.807, 2.05) is 11.7 Å². The van der Waals surface area contributed by atoms with Crippen LogP contribution in [0.25, 0.3) is 0 Å². The molecule has 1 aromatic rings. The highest BCUT2D eigenvalue weighted by atomic mass is 35.5. The van der Waals surface area contributed by atoms with Gasteiger partial charge in [0.1, 0.15) is 5.82 Å². The summed E-state index contributed by atoms with van der Waals surface area (Å²) in [6, 6.07) is 0. The summed E-state index contributed by atoms with van der Waals surface area (Å²) in [5, 5.41) is 4.54. The van der Waals surface area contributed by atoms with Crippen LogP contribution in [-0.4, -0.2) is 22.9 Å². The first kappa shape index (κ1) is 13.3. The van der Waals surface area contributed by atoms with Gasteiger partial charge < -0.3 is 4.90 Å². The van der Waals surface area contributed by atoms with Crippen LogP contribution in [0.1, 0.15) is 49.8 Å². The fourth-order valence-corrected chi connectivity index (χ4v) is 4.37. The first-order chi connectivity index (χ1) is 9.15. The third-order valence-electron chi connectivity index (χ3n) is 5.23. The normalized spacial score (nSPS) is 22.4. The molecule has 1 spiro atoms. The van der Waals surface area contributed by atoms with E-state index < -0.39 is 0 Å². The van der Waals surface area contributed by atoms with Crippen LogP contribution in [0, 0.1) is 12.3 Å². The van der Waals surface area contributed by atoms with Gasteiger partial charge in [0.05, 0.1) is 11.6 Å². The average molecular weight is 282 g/mol. The maximum absolute atomic E-state index is 6.11. The van der Waals surface area contributed by atoms with E-state index in [9.17, 15) is 0 Å². The lowest BCUT2D eigenvalue weighted by atomic mass is 9.77. The zero-order valence-corrected chi connectivity index (χ0v) is 12.8. The SMILES string of the molecule is Cc1nn(C)c(N2CCC3(CCCC3)CC2)c1CCl. The molecule has 2 heterocycles. The van der Waals surface area contributed by atoms with Gasteiger partial charge in [0.15, 0.2) is 0 Å². The molecule has 4 heteroatoms.